The Kier molecular flexibility index (Phi) is 4.60. The molecule has 0 bridgehead atoms. The van der Waals surface area contributed by atoms with E-state index in [1.54, 1.807) is 0 Å². The third-order valence-electron chi connectivity index (χ3n) is 2.57. The Morgan fingerprint density at radius 3 is 2.43 bits per heavy atom. The summed E-state index contributed by atoms with van der Waals surface area (Å²) in [5, 5.41) is 0. The molecule has 2 nitrogen and oxygen atoms in total. The van der Waals surface area contributed by atoms with Crippen LogP contribution < -0.4 is 0 Å². The van der Waals surface area contributed by atoms with Crippen molar-refractivity contribution in [2.24, 2.45) is 0 Å². The molecule has 0 saturated carbocycles. The normalized spacial score (nSPS) is 11.2. The van der Waals surface area contributed by atoms with Crippen LogP contribution in [0.15, 0.2) is 24.5 Å². The van der Waals surface area contributed by atoms with Gasteiger partial charge in [-0.2, -0.15) is 0 Å². The average Bonchev–Trinajstić information content (AvgIpc) is 2.20. The second-order valence-corrected chi connectivity index (χ2v) is 3.83. The van der Waals surface area contributed by atoms with E-state index < -0.39 is 0 Å². The van der Waals surface area contributed by atoms with E-state index in [-0.39, 0.29) is 0 Å². The number of likely N-dealkylation sites (N-methyl/N-ethyl adjacent to an activating group) is 1. The molecule has 1 aromatic rings. The van der Waals surface area contributed by atoms with E-state index in [4.69, 9.17) is 0 Å². The van der Waals surface area contributed by atoms with E-state index in [0.29, 0.717) is 6.04 Å². The van der Waals surface area contributed by atoms with Crippen LogP contribution in [-0.2, 0) is 6.42 Å². The van der Waals surface area contributed by atoms with Crippen molar-refractivity contribution < 1.29 is 0 Å². The summed E-state index contributed by atoms with van der Waals surface area (Å²) >= 11 is 0. The summed E-state index contributed by atoms with van der Waals surface area (Å²) < 4.78 is 0. The van der Waals surface area contributed by atoms with Gasteiger partial charge in [-0.3, -0.25) is 4.98 Å². The summed E-state index contributed by atoms with van der Waals surface area (Å²) in [5.74, 6) is 0. The number of hydrogen-bond acceptors (Lipinski definition) is 2. The molecule has 0 unspecified atom stereocenters. The largest absolute Gasteiger partial charge is 0.301 e. The maximum Gasteiger partial charge on any atom is 0.0270 e. The predicted octanol–water partition coefficient (Wildman–Crippen LogP) is 2.35. The number of nitrogens with zero attached hydrogens (tertiary/aromatic N) is 2. The van der Waals surface area contributed by atoms with Crippen LogP contribution in [0.3, 0.4) is 0 Å². The Morgan fingerprint density at radius 1 is 1.29 bits per heavy atom. The molecule has 0 amide bonds. The van der Waals surface area contributed by atoms with E-state index in [1.165, 1.54) is 5.56 Å². The SMILES string of the molecule is CCN(CCc1ccncc1)C(C)C. The van der Waals surface area contributed by atoms with E-state index in [0.717, 1.165) is 19.5 Å². The van der Waals surface area contributed by atoms with Crippen LogP contribution in [0.2, 0.25) is 0 Å². The first-order valence-corrected chi connectivity index (χ1v) is 5.37. The van der Waals surface area contributed by atoms with Crippen LogP contribution in [0.5, 0.6) is 0 Å². The van der Waals surface area contributed by atoms with Gasteiger partial charge in [-0.15, -0.1) is 0 Å². The zero-order valence-corrected chi connectivity index (χ0v) is 9.40. The van der Waals surface area contributed by atoms with Crippen LogP contribution in [0.1, 0.15) is 26.3 Å². The Balaban J connectivity index is 2.40. The molecule has 1 heterocycles. The van der Waals surface area contributed by atoms with Gasteiger partial charge in [-0.1, -0.05) is 6.92 Å². The average molecular weight is 192 g/mol. The molecular formula is C12H20N2. The highest BCUT2D eigenvalue weighted by Gasteiger charge is 2.05. The molecule has 0 radical (unpaired) electrons. The number of pyridine rings is 1. The molecule has 14 heavy (non-hydrogen) atoms. The van der Waals surface area contributed by atoms with Crippen LogP contribution in [0, 0.1) is 0 Å². The van der Waals surface area contributed by atoms with E-state index in [9.17, 15) is 0 Å². The van der Waals surface area contributed by atoms with Crippen LogP contribution in [0.4, 0.5) is 0 Å². The fourth-order valence-corrected chi connectivity index (χ4v) is 1.60. The van der Waals surface area contributed by atoms with E-state index in [2.05, 4.69) is 42.8 Å². The van der Waals surface area contributed by atoms with Crippen LogP contribution in [-0.4, -0.2) is 29.0 Å². The first kappa shape index (κ1) is 11.2. The van der Waals surface area contributed by atoms with Gasteiger partial charge in [0.15, 0.2) is 0 Å². The molecule has 2 heteroatoms. The minimum Gasteiger partial charge on any atom is -0.301 e. The predicted molar refractivity (Wildman–Crippen MR) is 60.3 cm³/mol. The number of rotatable bonds is 5. The first-order valence-electron chi connectivity index (χ1n) is 5.37. The molecule has 0 spiro atoms. The summed E-state index contributed by atoms with van der Waals surface area (Å²) in [6.45, 7) is 8.97. The fourth-order valence-electron chi connectivity index (χ4n) is 1.60. The lowest BCUT2D eigenvalue weighted by molar-refractivity contribution is 0.236. The maximum atomic E-state index is 4.01. The summed E-state index contributed by atoms with van der Waals surface area (Å²) in [7, 11) is 0. The van der Waals surface area contributed by atoms with Gasteiger partial charge in [-0.25, -0.2) is 0 Å². The topological polar surface area (TPSA) is 16.1 Å². The van der Waals surface area contributed by atoms with Crippen molar-refractivity contribution in [2.75, 3.05) is 13.1 Å². The highest BCUT2D eigenvalue weighted by molar-refractivity contribution is 5.09. The molecule has 0 N–H and O–H groups in total. The maximum absolute atomic E-state index is 4.01. The number of aromatic nitrogens is 1. The molecule has 0 aliphatic carbocycles. The van der Waals surface area contributed by atoms with Crippen molar-refractivity contribution in [2.45, 2.75) is 33.2 Å². The van der Waals surface area contributed by atoms with Gasteiger partial charge in [0.2, 0.25) is 0 Å². The highest BCUT2D eigenvalue weighted by atomic mass is 15.1. The monoisotopic (exact) mass is 192 g/mol. The molecule has 0 saturated heterocycles. The Hall–Kier alpha value is -0.890. The first-order chi connectivity index (χ1) is 6.74. The molecule has 1 aromatic heterocycles. The zero-order chi connectivity index (χ0) is 10.4. The van der Waals surface area contributed by atoms with E-state index >= 15 is 0 Å². The molecule has 0 fully saturated rings. The van der Waals surface area contributed by atoms with Gasteiger partial charge in [0.25, 0.3) is 0 Å². The highest BCUT2D eigenvalue weighted by Crippen LogP contribution is 2.02. The molecule has 0 aromatic carbocycles. The van der Waals surface area contributed by atoms with Crippen molar-refractivity contribution in [3.8, 4) is 0 Å². The summed E-state index contributed by atoms with van der Waals surface area (Å²) in [4.78, 5) is 6.49. The lowest BCUT2D eigenvalue weighted by Crippen LogP contribution is -2.32. The van der Waals surface area contributed by atoms with Gasteiger partial charge in [0.05, 0.1) is 0 Å². The van der Waals surface area contributed by atoms with E-state index in [1.807, 2.05) is 12.4 Å². The quantitative estimate of drug-likeness (QED) is 0.712. The van der Waals surface area contributed by atoms with Crippen molar-refractivity contribution in [3.63, 3.8) is 0 Å². The van der Waals surface area contributed by atoms with Gasteiger partial charge >= 0.3 is 0 Å². The molecule has 1 rings (SSSR count). The lowest BCUT2D eigenvalue weighted by Gasteiger charge is -2.24. The minimum absolute atomic E-state index is 0.641. The van der Waals surface area contributed by atoms with Crippen LogP contribution >= 0.6 is 0 Å². The molecule has 0 aliphatic heterocycles. The second-order valence-electron chi connectivity index (χ2n) is 3.83. The van der Waals surface area contributed by atoms with Crippen molar-refractivity contribution in [3.05, 3.63) is 30.1 Å². The molecular weight excluding hydrogens is 172 g/mol. The van der Waals surface area contributed by atoms with Crippen molar-refractivity contribution in [1.29, 1.82) is 0 Å². The van der Waals surface area contributed by atoms with Crippen molar-refractivity contribution >= 4 is 0 Å². The molecule has 78 valence electrons. The summed E-state index contributed by atoms with van der Waals surface area (Å²) in [6.07, 6.45) is 4.84. The second kappa shape index (κ2) is 5.76. The van der Waals surface area contributed by atoms with Gasteiger partial charge < -0.3 is 4.90 Å². The molecule has 0 atom stereocenters. The third kappa shape index (κ3) is 3.46. The Bertz CT molecular complexity index is 244. The van der Waals surface area contributed by atoms with Gasteiger partial charge in [0, 0.05) is 25.0 Å². The standard InChI is InChI=1S/C12H20N2/c1-4-14(11(2)3)10-7-12-5-8-13-9-6-12/h5-6,8-9,11H,4,7,10H2,1-3H3. The van der Waals surface area contributed by atoms with Gasteiger partial charge in [-0.05, 0) is 44.5 Å². The third-order valence-corrected chi connectivity index (χ3v) is 2.57. The summed E-state index contributed by atoms with van der Waals surface area (Å²) in [5.41, 5.74) is 1.37. The fraction of sp³-hybridized carbons (Fsp3) is 0.583. The zero-order valence-electron chi connectivity index (χ0n) is 9.40. The Labute approximate surface area is 87.0 Å². The van der Waals surface area contributed by atoms with Gasteiger partial charge in [0.1, 0.15) is 0 Å². The summed E-state index contributed by atoms with van der Waals surface area (Å²) in [6, 6.07) is 4.82. The molecule has 0 aliphatic rings. The smallest absolute Gasteiger partial charge is 0.0270 e. The Morgan fingerprint density at radius 2 is 1.93 bits per heavy atom. The van der Waals surface area contributed by atoms with Crippen molar-refractivity contribution in [1.82, 2.24) is 9.88 Å². The minimum atomic E-state index is 0.641. The van der Waals surface area contributed by atoms with Crippen LogP contribution in [0.25, 0.3) is 0 Å². The number of hydrogen-bond donors (Lipinski definition) is 0. The lowest BCUT2D eigenvalue weighted by atomic mass is 10.2.